The standard InChI is InChI=1S/C26H24F2O4/c1-2-19-7-5-17(13-23(19)27)3-4-18-6-12-25(24(28)14-18)32-26(29)20-8-10-21(11-9-20)30-15-22-16-31-22/h5-14,22H,2-4,15-16H2,1H3. The maximum Gasteiger partial charge on any atom is 0.343 e. The van der Waals surface area contributed by atoms with Crippen LogP contribution in [0.5, 0.6) is 11.5 Å². The van der Waals surface area contributed by atoms with Crippen molar-refractivity contribution in [2.45, 2.75) is 32.3 Å². The third kappa shape index (κ3) is 5.71. The van der Waals surface area contributed by atoms with Crippen LogP contribution in [0.1, 0.15) is 34.0 Å². The molecule has 1 heterocycles. The molecule has 1 atom stereocenters. The summed E-state index contributed by atoms with van der Waals surface area (Å²) < 4.78 is 44.2. The SMILES string of the molecule is CCc1ccc(CCc2ccc(OC(=O)c3ccc(OCC4CO4)cc3)c(F)c2)cc1F. The number of hydrogen-bond acceptors (Lipinski definition) is 4. The summed E-state index contributed by atoms with van der Waals surface area (Å²) in [7, 11) is 0. The molecule has 32 heavy (non-hydrogen) atoms. The quantitative estimate of drug-likeness (QED) is 0.258. The van der Waals surface area contributed by atoms with Crippen LogP contribution in [0.2, 0.25) is 0 Å². The first-order chi connectivity index (χ1) is 15.5. The van der Waals surface area contributed by atoms with E-state index in [2.05, 4.69) is 0 Å². The van der Waals surface area contributed by atoms with Crippen molar-refractivity contribution in [3.63, 3.8) is 0 Å². The highest BCUT2D eigenvalue weighted by molar-refractivity contribution is 5.91. The lowest BCUT2D eigenvalue weighted by Crippen LogP contribution is -2.10. The molecular formula is C26H24F2O4. The molecule has 0 radical (unpaired) electrons. The van der Waals surface area contributed by atoms with Gasteiger partial charge >= 0.3 is 5.97 Å². The third-order valence-corrected chi connectivity index (χ3v) is 5.33. The average Bonchev–Trinajstić information content (AvgIpc) is 3.63. The van der Waals surface area contributed by atoms with Crippen LogP contribution in [0.3, 0.4) is 0 Å². The summed E-state index contributed by atoms with van der Waals surface area (Å²) in [6, 6.07) is 16.2. The number of benzene rings is 3. The van der Waals surface area contributed by atoms with Crippen LogP contribution >= 0.6 is 0 Å². The minimum Gasteiger partial charge on any atom is -0.491 e. The lowest BCUT2D eigenvalue weighted by molar-refractivity contribution is 0.0727. The molecule has 1 saturated heterocycles. The third-order valence-electron chi connectivity index (χ3n) is 5.33. The molecular weight excluding hydrogens is 414 g/mol. The maximum absolute atomic E-state index is 14.5. The van der Waals surface area contributed by atoms with E-state index in [1.165, 1.54) is 18.2 Å². The van der Waals surface area contributed by atoms with E-state index in [-0.39, 0.29) is 17.7 Å². The van der Waals surface area contributed by atoms with Crippen molar-refractivity contribution in [3.05, 3.63) is 94.6 Å². The van der Waals surface area contributed by atoms with Gasteiger partial charge in [-0.05, 0) is 78.4 Å². The van der Waals surface area contributed by atoms with E-state index < -0.39 is 11.8 Å². The lowest BCUT2D eigenvalue weighted by atomic mass is 10.0. The number of aryl methyl sites for hydroxylation is 3. The molecule has 1 unspecified atom stereocenters. The van der Waals surface area contributed by atoms with Crippen molar-refractivity contribution in [3.8, 4) is 11.5 Å². The molecule has 4 rings (SSSR count). The second-order valence-electron chi connectivity index (χ2n) is 7.72. The van der Waals surface area contributed by atoms with E-state index in [0.717, 1.165) is 11.1 Å². The smallest absolute Gasteiger partial charge is 0.343 e. The molecule has 1 fully saturated rings. The zero-order valence-corrected chi connectivity index (χ0v) is 17.8. The first-order valence-corrected chi connectivity index (χ1v) is 10.6. The Kier molecular flexibility index (Phi) is 6.81. The summed E-state index contributed by atoms with van der Waals surface area (Å²) >= 11 is 0. The first kappa shape index (κ1) is 22.0. The van der Waals surface area contributed by atoms with Crippen LogP contribution in [0.25, 0.3) is 0 Å². The second kappa shape index (κ2) is 9.92. The Morgan fingerprint density at radius 3 is 2.22 bits per heavy atom. The molecule has 0 bridgehead atoms. The van der Waals surface area contributed by atoms with E-state index in [0.29, 0.717) is 49.4 Å². The monoisotopic (exact) mass is 438 g/mol. The van der Waals surface area contributed by atoms with Gasteiger partial charge in [-0.1, -0.05) is 25.1 Å². The molecule has 0 spiro atoms. The minimum absolute atomic E-state index is 0.136. The zero-order valence-electron chi connectivity index (χ0n) is 17.8. The van der Waals surface area contributed by atoms with Crippen LogP contribution in [-0.2, 0) is 24.0 Å². The Morgan fingerprint density at radius 2 is 1.62 bits per heavy atom. The summed E-state index contributed by atoms with van der Waals surface area (Å²) in [5, 5.41) is 0. The summed E-state index contributed by atoms with van der Waals surface area (Å²) in [6.45, 7) is 3.09. The maximum atomic E-state index is 14.5. The summed E-state index contributed by atoms with van der Waals surface area (Å²) in [6.07, 6.45) is 1.92. The first-order valence-electron chi connectivity index (χ1n) is 10.6. The van der Waals surface area contributed by atoms with Crippen LogP contribution < -0.4 is 9.47 Å². The van der Waals surface area contributed by atoms with Crippen LogP contribution in [0.15, 0.2) is 60.7 Å². The van der Waals surface area contributed by atoms with Gasteiger partial charge < -0.3 is 14.2 Å². The number of epoxide rings is 1. The molecule has 1 aliphatic rings. The van der Waals surface area contributed by atoms with Gasteiger partial charge in [-0.3, -0.25) is 0 Å². The molecule has 4 nitrogen and oxygen atoms in total. The largest absolute Gasteiger partial charge is 0.491 e. The van der Waals surface area contributed by atoms with Gasteiger partial charge in [-0.15, -0.1) is 0 Å². The zero-order chi connectivity index (χ0) is 22.5. The second-order valence-corrected chi connectivity index (χ2v) is 7.72. The van der Waals surface area contributed by atoms with Crippen molar-refractivity contribution in [2.75, 3.05) is 13.2 Å². The molecule has 0 N–H and O–H groups in total. The van der Waals surface area contributed by atoms with Gasteiger partial charge in [-0.25, -0.2) is 13.6 Å². The van der Waals surface area contributed by atoms with E-state index in [1.54, 1.807) is 36.4 Å². The highest BCUT2D eigenvalue weighted by Crippen LogP contribution is 2.22. The van der Waals surface area contributed by atoms with E-state index in [1.807, 2.05) is 13.0 Å². The van der Waals surface area contributed by atoms with Gasteiger partial charge in [0.05, 0.1) is 12.2 Å². The Bertz CT molecular complexity index is 1090. The highest BCUT2D eigenvalue weighted by atomic mass is 19.1. The Labute approximate surface area is 185 Å². The topological polar surface area (TPSA) is 48.1 Å². The fourth-order valence-electron chi connectivity index (χ4n) is 3.30. The van der Waals surface area contributed by atoms with Gasteiger partial charge in [0.15, 0.2) is 11.6 Å². The number of rotatable bonds is 9. The molecule has 166 valence electrons. The number of esters is 1. The van der Waals surface area contributed by atoms with Crippen LogP contribution in [0.4, 0.5) is 8.78 Å². The van der Waals surface area contributed by atoms with Gasteiger partial charge in [0.1, 0.15) is 24.3 Å². The summed E-state index contributed by atoms with van der Waals surface area (Å²) in [5.41, 5.74) is 2.57. The van der Waals surface area contributed by atoms with Gasteiger partial charge in [-0.2, -0.15) is 0 Å². The van der Waals surface area contributed by atoms with Crippen molar-refractivity contribution < 1.29 is 27.8 Å². The van der Waals surface area contributed by atoms with Gasteiger partial charge in [0, 0.05) is 0 Å². The Hall–Kier alpha value is -3.25. The van der Waals surface area contributed by atoms with Gasteiger partial charge in [0.2, 0.25) is 0 Å². The number of carbonyl (C=O) groups excluding carboxylic acids is 1. The molecule has 0 amide bonds. The van der Waals surface area contributed by atoms with E-state index in [9.17, 15) is 13.6 Å². The molecule has 0 aromatic heterocycles. The van der Waals surface area contributed by atoms with Crippen molar-refractivity contribution in [1.29, 1.82) is 0 Å². The van der Waals surface area contributed by atoms with Crippen molar-refractivity contribution in [2.24, 2.45) is 0 Å². The van der Waals surface area contributed by atoms with Crippen molar-refractivity contribution in [1.82, 2.24) is 0 Å². The number of ether oxygens (including phenoxy) is 3. The highest BCUT2D eigenvalue weighted by Gasteiger charge is 2.23. The molecule has 0 aliphatic carbocycles. The molecule has 3 aromatic rings. The number of hydrogen-bond donors (Lipinski definition) is 0. The van der Waals surface area contributed by atoms with Crippen LogP contribution in [0, 0.1) is 11.6 Å². The minimum atomic E-state index is -0.653. The molecule has 6 heteroatoms. The van der Waals surface area contributed by atoms with E-state index in [4.69, 9.17) is 14.2 Å². The fraction of sp³-hybridized carbons (Fsp3) is 0.269. The normalized spacial score (nSPS) is 14.8. The molecule has 3 aromatic carbocycles. The number of carbonyl (C=O) groups is 1. The Morgan fingerprint density at radius 1 is 0.969 bits per heavy atom. The predicted molar refractivity (Wildman–Crippen MR) is 116 cm³/mol. The predicted octanol–water partition coefficient (Wildman–Crippen LogP) is 5.31. The average molecular weight is 438 g/mol. The Balaban J connectivity index is 1.33. The van der Waals surface area contributed by atoms with E-state index >= 15 is 0 Å². The lowest BCUT2D eigenvalue weighted by Gasteiger charge is -2.09. The van der Waals surface area contributed by atoms with Crippen molar-refractivity contribution >= 4 is 5.97 Å². The fourth-order valence-corrected chi connectivity index (χ4v) is 3.30. The van der Waals surface area contributed by atoms with Gasteiger partial charge in [0.25, 0.3) is 0 Å². The molecule has 1 aliphatic heterocycles. The van der Waals surface area contributed by atoms with Crippen LogP contribution in [-0.4, -0.2) is 25.3 Å². The number of halogens is 2. The molecule has 0 saturated carbocycles. The summed E-state index contributed by atoms with van der Waals surface area (Å²) in [4.78, 5) is 12.3. The summed E-state index contributed by atoms with van der Waals surface area (Å²) in [5.74, 6) is -0.997.